The van der Waals surface area contributed by atoms with Crippen molar-refractivity contribution in [3.63, 3.8) is 0 Å². The molecule has 0 N–H and O–H groups in total. The van der Waals surface area contributed by atoms with Crippen molar-refractivity contribution in [1.29, 1.82) is 0 Å². The standard InChI is InChI=1S/C18H20N4/c1-15(18-5-3-4-10-20-18)21(2)13-16-6-8-17(9-7-16)22-12-11-19-14-22/h3-12,14-15H,13H2,1-2H3/t15-/m1/s1. The molecule has 0 unspecified atom stereocenters. The average Bonchev–Trinajstić information content (AvgIpc) is 3.10. The summed E-state index contributed by atoms with van der Waals surface area (Å²) in [5.74, 6) is 0. The summed E-state index contributed by atoms with van der Waals surface area (Å²) in [6.45, 7) is 3.07. The third-order valence-electron chi connectivity index (χ3n) is 3.95. The Kier molecular flexibility index (Phi) is 4.30. The first-order valence-corrected chi connectivity index (χ1v) is 7.42. The molecule has 0 amide bonds. The minimum atomic E-state index is 0.287. The molecule has 3 aromatic rings. The molecule has 1 atom stereocenters. The molecule has 0 spiro atoms. The van der Waals surface area contributed by atoms with Crippen molar-refractivity contribution >= 4 is 0 Å². The molecular formula is C18H20N4. The van der Waals surface area contributed by atoms with Gasteiger partial charge in [-0.2, -0.15) is 0 Å². The van der Waals surface area contributed by atoms with Crippen molar-refractivity contribution in [3.8, 4) is 5.69 Å². The van der Waals surface area contributed by atoms with Crippen LogP contribution in [0.3, 0.4) is 0 Å². The van der Waals surface area contributed by atoms with Crippen LogP contribution < -0.4 is 0 Å². The molecule has 22 heavy (non-hydrogen) atoms. The smallest absolute Gasteiger partial charge is 0.0991 e. The van der Waals surface area contributed by atoms with Crippen LogP contribution in [0, 0.1) is 0 Å². The highest BCUT2D eigenvalue weighted by Gasteiger charge is 2.12. The van der Waals surface area contributed by atoms with E-state index in [1.807, 2.05) is 35.4 Å². The van der Waals surface area contributed by atoms with Crippen molar-refractivity contribution < 1.29 is 0 Å². The van der Waals surface area contributed by atoms with Crippen molar-refractivity contribution in [2.45, 2.75) is 19.5 Å². The molecule has 3 rings (SSSR count). The first kappa shape index (κ1) is 14.5. The van der Waals surface area contributed by atoms with Crippen molar-refractivity contribution in [3.05, 3.63) is 78.6 Å². The molecule has 0 bridgehead atoms. The maximum atomic E-state index is 4.44. The van der Waals surface area contributed by atoms with E-state index in [1.165, 1.54) is 5.56 Å². The van der Waals surface area contributed by atoms with Crippen LogP contribution in [-0.4, -0.2) is 26.5 Å². The molecular weight excluding hydrogens is 272 g/mol. The molecule has 4 nitrogen and oxygen atoms in total. The van der Waals surface area contributed by atoms with E-state index in [4.69, 9.17) is 0 Å². The lowest BCUT2D eigenvalue weighted by Gasteiger charge is -2.24. The summed E-state index contributed by atoms with van der Waals surface area (Å²) in [5, 5.41) is 0. The fourth-order valence-corrected chi connectivity index (χ4v) is 2.46. The van der Waals surface area contributed by atoms with Crippen LogP contribution in [0.4, 0.5) is 0 Å². The summed E-state index contributed by atoms with van der Waals surface area (Å²) >= 11 is 0. The zero-order chi connectivity index (χ0) is 15.4. The van der Waals surface area contributed by atoms with Gasteiger partial charge in [0.15, 0.2) is 0 Å². The molecule has 0 aliphatic carbocycles. The largest absolute Gasteiger partial charge is 0.306 e. The average molecular weight is 292 g/mol. The van der Waals surface area contributed by atoms with E-state index in [-0.39, 0.29) is 6.04 Å². The van der Waals surface area contributed by atoms with Crippen LogP contribution in [0.25, 0.3) is 5.69 Å². The second kappa shape index (κ2) is 6.54. The van der Waals surface area contributed by atoms with Gasteiger partial charge < -0.3 is 4.57 Å². The number of imidazole rings is 1. The van der Waals surface area contributed by atoms with Crippen LogP contribution in [0.15, 0.2) is 67.4 Å². The van der Waals surface area contributed by atoms with Gasteiger partial charge in [0, 0.05) is 36.9 Å². The second-order valence-corrected chi connectivity index (χ2v) is 5.48. The van der Waals surface area contributed by atoms with Gasteiger partial charge >= 0.3 is 0 Å². The third kappa shape index (κ3) is 3.23. The Labute approximate surface area is 131 Å². The Morgan fingerprint density at radius 2 is 1.91 bits per heavy atom. The Bertz CT molecular complexity index is 690. The molecule has 0 saturated heterocycles. The van der Waals surface area contributed by atoms with Crippen LogP contribution in [0.1, 0.15) is 24.2 Å². The Morgan fingerprint density at radius 3 is 2.55 bits per heavy atom. The summed E-state index contributed by atoms with van der Waals surface area (Å²) in [4.78, 5) is 10.8. The van der Waals surface area contributed by atoms with Gasteiger partial charge in [-0.3, -0.25) is 9.88 Å². The second-order valence-electron chi connectivity index (χ2n) is 5.48. The molecule has 4 heteroatoms. The van der Waals surface area contributed by atoms with Gasteiger partial charge in [0.05, 0.1) is 12.0 Å². The molecule has 0 saturated carbocycles. The van der Waals surface area contributed by atoms with Crippen LogP contribution in [0.2, 0.25) is 0 Å². The predicted octanol–water partition coefficient (Wildman–Crippen LogP) is 3.46. The first-order valence-electron chi connectivity index (χ1n) is 7.42. The summed E-state index contributed by atoms with van der Waals surface area (Å²) in [5.41, 5.74) is 3.51. The molecule has 0 fully saturated rings. The topological polar surface area (TPSA) is 34.0 Å². The maximum absolute atomic E-state index is 4.44. The van der Waals surface area contributed by atoms with Crippen molar-refractivity contribution in [2.24, 2.45) is 0 Å². The van der Waals surface area contributed by atoms with E-state index in [1.54, 1.807) is 6.20 Å². The van der Waals surface area contributed by atoms with Gasteiger partial charge in [-0.1, -0.05) is 18.2 Å². The minimum absolute atomic E-state index is 0.287. The van der Waals surface area contributed by atoms with E-state index in [9.17, 15) is 0 Å². The summed E-state index contributed by atoms with van der Waals surface area (Å²) in [7, 11) is 2.13. The highest BCUT2D eigenvalue weighted by molar-refractivity contribution is 5.34. The SMILES string of the molecule is C[C@H](c1ccccn1)N(C)Cc1ccc(-n2ccnc2)cc1. The first-order chi connectivity index (χ1) is 10.7. The van der Waals surface area contributed by atoms with E-state index in [0.717, 1.165) is 17.9 Å². The van der Waals surface area contributed by atoms with Gasteiger partial charge in [0.1, 0.15) is 0 Å². The molecule has 2 heterocycles. The quantitative estimate of drug-likeness (QED) is 0.722. The van der Waals surface area contributed by atoms with Crippen LogP contribution >= 0.6 is 0 Å². The molecule has 0 aliphatic heterocycles. The molecule has 2 aromatic heterocycles. The van der Waals surface area contributed by atoms with Gasteiger partial charge in [-0.15, -0.1) is 0 Å². The van der Waals surface area contributed by atoms with E-state index in [2.05, 4.69) is 59.2 Å². The zero-order valence-electron chi connectivity index (χ0n) is 12.9. The number of hydrogen-bond acceptors (Lipinski definition) is 3. The lowest BCUT2D eigenvalue weighted by molar-refractivity contribution is 0.248. The Balaban J connectivity index is 1.68. The van der Waals surface area contributed by atoms with E-state index < -0.39 is 0 Å². The molecule has 0 radical (unpaired) electrons. The fourth-order valence-electron chi connectivity index (χ4n) is 2.46. The van der Waals surface area contributed by atoms with Crippen LogP contribution in [-0.2, 0) is 6.54 Å². The van der Waals surface area contributed by atoms with Crippen molar-refractivity contribution in [2.75, 3.05) is 7.05 Å². The number of pyridine rings is 1. The third-order valence-corrected chi connectivity index (χ3v) is 3.95. The molecule has 1 aromatic carbocycles. The van der Waals surface area contributed by atoms with Gasteiger partial charge in [0.2, 0.25) is 0 Å². The monoisotopic (exact) mass is 292 g/mol. The van der Waals surface area contributed by atoms with Gasteiger partial charge in [-0.05, 0) is 43.8 Å². The van der Waals surface area contributed by atoms with E-state index in [0.29, 0.717) is 0 Å². The Morgan fingerprint density at radius 1 is 1.09 bits per heavy atom. The number of rotatable bonds is 5. The Hall–Kier alpha value is -2.46. The minimum Gasteiger partial charge on any atom is -0.306 e. The maximum Gasteiger partial charge on any atom is 0.0991 e. The van der Waals surface area contributed by atoms with Gasteiger partial charge in [0.25, 0.3) is 0 Å². The number of aromatic nitrogens is 3. The summed E-state index contributed by atoms with van der Waals surface area (Å²) < 4.78 is 2.00. The normalized spacial score (nSPS) is 12.5. The van der Waals surface area contributed by atoms with Gasteiger partial charge in [-0.25, -0.2) is 4.98 Å². The summed E-state index contributed by atoms with van der Waals surface area (Å²) in [6.07, 6.45) is 7.39. The fraction of sp³-hybridized carbons (Fsp3) is 0.222. The van der Waals surface area contributed by atoms with E-state index >= 15 is 0 Å². The lowest BCUT2D eigenvalue weighted by atomic mass is 10.1. The number of hydrogen-bond donors (Lipinski definition) is 0. The molecule has 112 valence electrons. The van der Waals surface area contributed by atoms with Crippen molar-refractivity contribution in [1.82, 2.24) is 19.4 Å². The summed E-state index contributed by atoms with van der Waals surface area (Å²) in [6, 6.07) is 14.9. The molecule has 0 aliphatic rings. The zero-order valence-corrected chi connectivity index (χ0v) is 12.9. The number of nitrogens with zero attached hydrogens (tertiary/aromatic N) is 4. The highest BCUT2D eigenvalue weighted by atomic mass is 15.1. The number of benzene rings is 1. The highest BCUT2D eigenvalue weighted by Crippen LogP contribution is 2.19. The predicted molar refractivity (Wildman–Crippen MR) is 87.7 cm³/mol. The van der Waals surface area contributed by atoms with Crippen LogP contribution in [0.5, 0.6) is 0 Å². The lowest BCUT2D eigenvalue weighted by Crippen LogP contribution is -2.22.